The summed E-state index contributed by atoms with van der Waals surface area (Å²) in [5.41, 5.74) is 4.27. The largest absolute Gasteiger partial charge is 0.478 e. The molecule has 176 valence electrons. The van der Waals surface area contributed by atoms with Gasteiger partial charge >= 0.3 is 5.97 Å². The molecule has 0 fully saturated rings. The van der Waals surface area contributed by atoms with Crippen molar-refractivity contribution in [2.75, 3.05) is 6.54 Å². The van der Waals surface area contributed by atoms with Crippen molar-refractivity contribution in [1.29, 1.82) is 0 Å². The number of nitrogens with zero attached hydrogens (tertiary/aromatic N) is 1. The molecule has 0 aliphatic rings. The minimum absolute atomic E-state index is 0.0639. The molecular formula is C29H23Cl2NO3. The Morgan fingerprint density at radius 1 is 0.743 bits per heavy atom. The topological polar surface area (TPSA) is 57.6 Å². The SMILES string of the molecule is O=C(O)c1ccccc1-c1ccc(CN(CCc2ccc(Cl)c(Cl)c2)C(=O)c2ccccc2)cc1. The van der Waals surface area contributed by atoms with Crippen LogP contribution in [-0.2, 0) is 13.0 Å². The summed E-state index contributed by atoms with van der Waals surface area (Å²) < 4.78 is 0. The van der Waals surface area contributed by atoms with Crippen LogP contribution >= 0.6 is 23.2 Å². The Kier molecular flexibility index (Phi) is 7.86. The molecule has 6 heteroatoms. The highest BCUT2D eigenvalue weighted by molar-refractivity contribution is 6.42. The quantitative estimate of drug-likeness (QED) is 0.275. The van der Waals surface area contributed by atoms with Gasteiger partial charge in [-0.15, -0.1) is 0 Å². The molecule has 0 spiro atoms. The van der Waals surface area contributed by atoms with Gasteiger partial charge in [-0.3, -0.25) is 4.79 Å². The Morgan fingerprint density at radius 2 is 1.40 bits per heavy atom. The third kappa shape index (κ3) is 6.10. The van der Waals surface area contributed by atoms with Crippen molar-refractivity contribution in [3.63, 3.8) is 0 Å². The zero-order chi connectivity index (χ0) is 24.8. The smallest absolute Gasteiger partial charge is 0.336 e. The van der Waals surface area contributed by atoms with Crippen molar-refractivity contribution in [3.05, 3.63) is 129 Å². The van der Waals surface area contributed by atoms with E-state index < -0.39 is 5.97 Å². The molecule has 0 radical (unpaired) electrons. The van der Waals surface area contributed by atoms with Crippen molar-refractivity contribution in [1.82, 2.24) is 4.90 Å². The molecule has 1 amide bonds. The van der Waals surface area contributed by atoms with Gasteiger partial charge in [0.05, 0.1) is 15.6 Å². The lowest BCUT2D eigenvalue weighted by Crippen LogP contribution is -2.32. The highest BCUT2D eigenvalue weighted by atomic mass is 35.5. The Morgan fingerprint density at radius 3 is 2.09 bits per heavy atom. The van der Waals surface area contributed by atoms with Crippen molar-refractivity contribution in [2.24, 2.45) is 0 Å². The lowest BCUT2D eigenvalue weighted by Gasteiger charge is -2.23. The first kappa shape index (κ1) is 24.5. The lowest BCUT2D eigenvalue weighted by molar-refractivity contribution is 0.0696. The fraction of sp³-hybridized carbons (Fsp3) is 0.103. The highest BCUT2D eigenvalue weighted by Gasteiger charge is 2.17. The number of carbonyl (C=O) groups is 2. The van der Waals surface area contributed by atoms with E-state index in [4.69, 9.17) is 23.2 Å². The van der Waals surface area contributed by atoms with E-state index in [0.717, 1.165) is 16.7 Å². The zero-order valence-electron chi connectivity index (χ0n) is 18.8. The second kappa shape index (κ2) is 11.2. The van der Waals surface area contributed by atoms with Gasteiger partial charge in [0.1, 0.15) is 0 Å². The molecule has 0 heterocycles. The number of halogens is 2. The summed E-state index contributed by atoms with van der Waals surface area (Å²) in [6.45, 7) is 0.908. The number of carboxylic acid groups (broad SMARTS) is 1. The van der Waals surface area contributed by atoms with Crippen molar-refractivity contribution < 1.29 is 14.7 Å². The number of hydrogen-bond acceptors (Lipinski definition) is 2. The third-order valence-electron chi connectivity index (χ3n) is 5.76. The first-order chi connectivity index (χ1) is 16.9. The molecule has 0 saturated heterocycles. The van der Waals surface area contributed by atoms with Crippen LogP contribution in [0.4, 0.5) is 0 Å². The molecule has 0 bridgehead atoms. The molecule has 1 N–H and O–H groups in total. The first-order valence-electron chi connectivity index (χ1n) is 11.1. The molecular weight excluding hydrogens is 481 g/mol. The van der Waals surface area contributed by atoms with Crippen LogP contribution in [0.15, 0.2) is 97.1 Å². The van der Waals surface area contributed by atoms with Gasteiger partial charge in [-0.1, -0.05) is 89.9 Å². The highest BCUT2D eigenvalue weighted by Crippen LogP contribution is 2.25. The minimum Gasteiger partial charge on any atom is -0.478 e. The second-order valence-corrected chi connectivity index (χ2v) is 8.95. The number of rotatable bonds is 8. The van der Waals surface area contributed by atoms with E-state index >= 15 is 0 Å². The predicted octanol–water partition coefficient (Wildman–Crippen LogP) is 7.24. The fourth-order valence-corrected chi connectivity index (χ4v) is 4.23. The van der Waals surface area contributed by atoms with Gasteiger partial charge in [-0.05, 0) is 59.0 Å². The number of carboxylic acids is 1. The van der Waals surface area contributed by atoms with Crippen LogP contribution in [0.2, 0.25) is 10.0 Å². The van der Waals surface area contributed by atoms with E-state index in [-0.39, 0.29) is 11.5 Å². The van der Waals surface area contributed by atoms with Crippen molar-refractivity contribution in [2.45, 2.75) is 13.0 Å². The summed E-state index contributed by atoms with van der Waals surface area (Å²) in [5.74, 6) is -1.03. The second-order valence-electron chi connectivity index (χ2n) is 8.14. The molecule has 0 atom stereocenters. The maximum Gasteiger partial charge on any atom is 0.336 e. The zero-order valence-corrected chi connectivity index (χ0v) is 20.3. The molecule has 0 saturated carbocycles. The summed E-state index contributed by atoms with van der Waals surface area (Å²) in [7, 11) is 0. The van der Waals surface area contributed by atoms with Crippen LogP contribution < -0.4 is 0 Å². The van der Waals surface area contributed by atoms with E-state index in [1.807, 2.05) is 60.7 Å². The lowest BCUT2D eigenvalue weighted by atomic mass is 9.98. The normalized spacial score (nSPS) is 10.7. The number of benzene rings is 4. The summed E-state index contributed by atoms with van der Waals surface area (Å²) in [4.78, 5) is 26.7. The number of amides is 1. The maximum absolute atomic E-state index is 13.3. The summed E-state index contributed by atoms with van der Waals surface area (Å²) in [6.07, 6.45) is 0.625. The maximum atomic E-state index is 13.3. The van der Waals surface area contributed by atoms with Gasteiger partial charge in [0, 0.05) is 18.7 Å². The summed E-state index contributed by atoms with van der Waals surface area (Å²) in [6, 6.07) is 29.2. The number of aromatic carboxylic acids is 1. The minimum atomic E-state index is -0.966. The molecule has 0 aliphatic carbocycles. The van der Waals surface area contributed by atoms with Gasteiger partial charge in [-0.25, -0.2) is 4.79 Å². The average Bonchev–Trinajstić information content (AvgIpc) is 2.89. The molecule has 4 aromatic carbocycles. The van der Waals surface area contributed by atoms with Crippen molar-refractivity contribution in [3.8, 4) is 11.1 Å². The van der Waals surface area contributed by atoms with Gasteiger partial charge in [0.15, 0.2) is 0 Å². The fourth-order valence-electron chi connectivity index (χ4n) is 3.91. The molecule has 4 aromatic rings. The van der Waals surface area contributed by atoms with Crippen LogP contribution in [-0.4, -0.2) is 28.4 Å². The van der Waals surface area contributed by atoms with Crippen LogP contribution in [0.5, 0.6) is 0 Å². The van der Waals surface area contributed by atoms with Crippen LogP contribution in [0.25, 0.3) is 11.1 Å². The van der Waals surface area contributed by atoms with Crippen LogP contribution in [0.3, 0.4) is 0 Å². The van der Waals surface area contributed by atoms with Gasteiger partial charge in [0.2, 0.25) is 0 Å². The molecule has 4 rings (SSSR count). The van der Waals surface area contributed by atoms with Gasteiger partial charge in [0.25, 0.3) is 5.91 Å². The van der Waals surface area contributed by atoms with Crippen molar-refractivity contribution >= 4 is 35.1 Å². The molecule has 35 heavy (non-hydrogen) atoms. The molecule has 0 aliphatic heterocycles. The van der Waals surface area contributed by atoms with Crippen LogP contribution in [0.1, 0.15) is 31.8 Å². The number of carbonyl (C=O) groups excluding carboxylic acids is 1. The molecule has 4 nitrogen and oxygen atoms in total. The third-order valence-corrected chi connectivity index (χ3v) is 6.50. The van der Waals surface area contributed by atoms with Crippen LogP contribution in [0, 0.1) is 0 Å². The average molecular weight is 504 g/mol. The first-order valence-corrected chi connectivity index (χ1v) is 11.9. The van der Waals surface area contributed by atoms with Gasteiger partial charge < -0.3 is 10.0 Å². The number of hydrogen-bond donors (Lipinski definition) is 1. The van der Waals surface area contributed by atoms with E-state index in [2.05, 4.69) is 0 Å². The van der Waals surface area contributed by atoms with E-state index in [1.54, 1.807) is 41.3 Å². The Balaban J connectivity index is 1.56. The Labute approximate surface area is 214 Å². The predicted molar refractivity (Wildman–Crippen MR) is 140 cm³/mol. The Hall–Kier alpha value is -3.60. The summed E-state index contributed by atoms with van der Waals surface area (Å²) in [5, 5.41) is 10.5. The van der Waals surface area contributed by atoms with E-state index in [1.165, 1.54) is 0 Å². The molecule has 0 unspecified atom stereocenters. The monoisotopic (exact) mass is 503 g/mol. The van der Waals surface area contributed by atoms with Gasteiger partial charge in [-0.2, -0.15) is 0 Å². The van der Waals surface area contributed by atoms with E-state index in [9.17, 15) is 14.7 Å². The molecule has 0 aromatic heterocycles. The summed E-state index contributed by atoms with van der Waals surface area (Å²) >= 11 is 12.2. The Bertz CT molecular complexity index is 1340. The standard InChI is InChI=1S/C29H23Cl2NO3/c30-26-15-12-20(18-27(26)31)16-17-32(28(33)23-6-2-1-3-7-23)19-21-10-13-22(14-11-21)24-8-4-5-9-25(24)29(34)35/h1-15,18H,16-17,19H2,(H,34,35). The van der Waals surface area contributed by atoms with E-state index in [0.29, 0.717) is 40.7 Å².